The minimum atomic E-state index is -0.852. The third-order valence-corrected chi connectivity index (χ3v) is 2.68. The van der Waals surface area contributed by atoms with Gasteiger partial charge in [-0.1, -0.05) is 17.7 Å². The zero-order valence-electron chi connectivity index (χ0n) is 9.87. The van der Waals surface area contributed by atoms with E-state index in [2.05, 4.69) is 5.32 Å². The van der Waals surface area contributed by atoms with Crippen LogP contribution in [0.5, 0.6) is 5.75 Å². The summed E-state index contributed by atoms with van der Waals surface area (Å²) in [5.41, 5.74) is 0.836. The molecule has 1 atom stereocenters. The highest BCUT2D eigenvalue weighted by atomic mass is 35.5. The van der Waals surface area contributed by atoms with E-state index in [1.165, 1.54) is 0 Å². The predicted octanol–water partition coefficient (Wildman–Crippen LogP) is 2.47. The maximum atomic E-state index is 10.7. The highest BCUT2D eigenvalue weighted by Gasteiger charge is 2.14. The van der Waals surface area contributed by atoms with E-state index in [4.69, 9.17) is 21.4 Å². The van der Waals surface area contributed by atoms with Crippen LogP contribution in [0.2, 0.25) is 5.02 Å². The monoisotopic (exact) mass is 257 g/mol. The first kappa shape index (κ1) is 13.8. The molecule has 5 heteroatoms. The fourth-order valence-electron chi connectivity index (χ4n) is 1.57. The van der Waals surface area contributed by atoms with Crippen LogP contribution in [0.15, 0.2) is 18.2 Å². The van der Waals surface area contributed by atoms with E-state index in [0.29, 0.717) is 17.4 Å². The fourth-order valence-corrected chi connectivity index (χ4v) is 1.81. The maximum absolute atomic E-state index is 10.7. The van der Waals surface area contributed by atoms with Gasteiger partial charge >= 0.3 is 5.97 Å². The lowest BCUT2D eigenvalue weighted by atomic mass is 10.0. The van der Waals surface area contributed by atoms with Gasteiger partial charge in [0.2, 0.25) is 0 Å². The second-order valence-electron chi connectivity index (χ2n) is 3.56. The van der Waals surface area contributed by atoms with Crippen LogP contribution in [0.25, 0.3) is 0 Å². The van der Waals surface area contributed by atoms with Crippen molar-refractivity contribution < 1.29 is 14.6 Å². The molecule has 1 rings (SSSR count). The number of halogens is 1. The third-order valence-electron chi connectivity index (χ3n) is 2.39. The van der Waals surface area contributed by atoms with Crippen LogP contribution < -0.4 is 10.1 Å². The summed E-state index contributed by atoms with van der Waals surface area (Å²) in [5.74, 6) is -0.238. The van der Waals surface area contributed by atoms with Crippen molar-refractivity contribution in [3.05, 3.63) is 28.8 Å². The molecule has 0 aliphatic carbocycles. The van der Waals surface area contributed by atoms with Gasteiger partial charge in [0.1, 0.15) is 5.75 Å². The summed E-state index contributed by atoms with van der Waals surface area (Å²) in [6.07, 6.45) is 0.0147. The lowest BCUT2D eigenvalue weighted by Gasteiger charge is -2.15. The van der Waals surface area contributed by atoms with Crippen molar-refractivity contribution in [1.82, 2.24) is 5.32 Å². The third kappa shape index (κ3) is 3.91. The molecule has 2 N–H and O–H groups in total. The minimum Gasteiger partial charge on any atom is -0.492 e. The fraction of sp³-hybridized carbons (Fsp3) is 0.417. The number of hydrogen-bond donors (Lipinski definition) is 2. The zero-order valence-corrected chi connectivity index (χ0v) is 10.6. The lowest BCUT2D eigenvalue weighted by molar-refractivity contribution is -0.137. The largest absolute Gasteiger partial charge is 0.492 e. The molecule has 1 aromatic carbocycles. The second kappa shape index (κ2) is 6.47. The van der Waals surface area contributed by atoms with Gasteiger partial charge in [-0.25, -0.2) is 0 Å². The van der Waals surface area contributed by atoms with Crippen LogP contribution in [0.4, 0.5) is 0 Å². The number of carboxylic acids is 1. The molecule has 4 nitrogen and oxygen atoms in total. The number of nitrogens with one attached hydrogen (secondary N) is 1. The van der Waals surface area contributed by atoms with E-state index in [9.17, 15) is 4.79 Å². The number of hydrogen-bond acceptors (Lipinski definition) is 3. The molecular weight excluding hydrogens is 242 g/mol. The lowest BCUT2D eigenvalue weighted by Crippen LogP contribution is -2.19. The molecule has 0 bridgehead atoms. The highest BCUT2D eigenvalue weighted by Crippen LogP contribution is 2.28. The molecule has 0 aliphatic heterocycles. The van der Waals surface area contributed by atoms with E-state index in [-0.39, 0.29) is 12.5 Å². The first-order valence-corrected chi connectivity index (χ1v) is 5.77. The Morgan fingerprint density at radius 2 is 2.29 bits per heavy atom. The average molecular weight is 258 g/mol. The van der Waals surface area contributed by atoms with Gasteiger partial charge in [0.05, 0.1) is 18.1 Å². The molecule has 0 fully saturated rings. The molecule has 0 spiro atoms. The van der Waals surface area contributed by atoms with Crippen molar-refractivity contribution in [3.63, 3.8) is 0 Å². The summed E-state index contributed by atoms with van der Waals surface area (Å²) in [5, 5.41) is 12.2. The van der Waals surface area contributed by atoms with Gasteiger partial charge in [-0.05, 0) is 31.7 Å². The zero-order chi connectivity index (χ0) is 12.8. The first-order valence-electron chi connectivity index (χ1n) is 5.39. The Morgan fingerprint density at radius 3 is 2.76 bits per heavy atom. The van der Waals surface area contributed by atoms with Crippen molar-refractivity contribution >= 4 is 17.6 Å². The highest BCUT2D eigenvalue weighted by molar-refractivity contribution is 6.32. The van der Waals surface area contributed by atoms with Crippen LogP contribution in [-0.2, 0) is 4.79 Å². The molecule has 17 heavy (non-hydrogen) atoms. The number of benzene rings is 1. The Labute approximate surface area is 106 Å². The van der Waals surface area contributed by atoms with Gasteiger partial charge < -0.3 is 15.2 Å². The summed E-state index contributed by atoms with van der Waals surface area (Å²) in [7, 11) is 1.72. The Kier molecular flexibility index (Phi) is 5.25. The molecule has 0 heterocycles. The Morgan fingerprint density at radius 1 is 1.59 bits per heavy atom. The van der Waals surface area contributed by atoms with Crippen LogP contribution in [0, 0.1) is 0 Å². The molecule has 1 aromatic rings. The van der Waals surface area contributed by atoms with Gasteiger partial charge in [0.15, 0.2) is 0 Å². The van der Waals surface area contributed by atoms with Crippen molar-refractivity contribution in [3.8, 4) is 5.75 Å². The van der Waals surface area contributed by atoms with E-state index in [1.54, 1.807) is 19.2 Å². The normalized spacial score (nSPS) is 12.2. The standard InChI is InChI=1S/C12H16ClNO3/c1-3-17-11-5-4-8(6-9(11)13)10(14-2)7-12(15)16/h4-6,10,14H,3,7H2,1-2H3,(H,15,16). The topological polar surface area (TPSA) is 58.6 Å². The average Bonchev–Trinajstić information content (AvgIpc) is 2.28. The molecule has 0 saturated heterocycles. The minimum absolute atomic E-state index is 0.0147. The number of ether oxygens (including phenoxy) is 1. The Bertz CT molecular complexity index is 395. The smallest absolute Gasteiger partial charge is 0.305 e. The van der Waals surface area contributed by atoms with E-state index in [0.717, 1.165) is 5.56 Å². The number of rotatable bonds is 6. The first-order chi connectivity index (χ1) is 8.08. The van der Waals surface area contributed by atoms with Gasteiger partial charge in [-0.2, -0.15) is 0 Å². The van der Waals surface area contributed by atoms with Gasteiger partial charge in [0, 0.05) is 6.04 Å². The van der Waals surface area contributed by atoms with Crippen molar-refractivity contribution in [2.45, 2.75) is 19.4 Å². The number of carboxylic acid groups (broad SMARTS) is 1. The summed E-state index contributed by atoms with van der Waals surface area (Å²) in [6.45, 7) is 2.43. The van der Waals surface area contributed by atoms with Crippen molar-refractivity contribution in [2.24, 2.45) is 0 Å². The van der Waals surface area contributed by atoms with Crippen molar-refractivity contribution in [2.75, 3.05) is 13.7 Å². The molecule has 0 radical (unpaired) electrons. The summed E-state index contributed by atoms with van der Waals surface area (Å²) < 4.78 is 5.32. The SMILES string of the molecule is CCOc1ccc(C(CC(=O)O)NC)cc1Cl. The second-order valence-corrected chi connectivity index (χ2v) is 3.97. The predicted molar refractivity (Wildman–Crippen MR) is 66.7 cm³/mol. The Balaban J connectivity index is 2.90. The van der Waals surface area contributed by atoms with Gasteiger partial charge in [-0.3, -0.25) is 4.79 Å². The number of carbonyl (C=O) groups is 1. The van der Waals surface area contributed by atoms with E-state index < -0.39 is 5.97 Å². The van der Waals surface area contributed by atoms with Gasteiger partial charge in [0.25, 0.3) is 0 Å². The molecule has 0 aromatic heterocycles. The molecular formula is C12H16ClNO3. The van der Waals surface area contributed by atoms with Gasteiger partial charge in [-0.15, -0.1) is 0 Å². The van der Waals surface area contributed by atoms with E-state index >= 15 is 0 Å². The van der Waals surface area contributed by atoms with Crippen LogP contribution in [0.1, 0.15) is 24.9 Å². The van der Waals surface area contributed by atoms with Crippen LogP contribution in [0.3, 0.4) is 0 Å². The van der Waals surface area contributed by atoms with Crippen LogP contribution >= 0.6 is 11.6 Å². The maximum Gasteiger partial charge on any atom is 0.305 e. The Hall–Kier alpha value is -1.26. The molecule has 0 aliphatic rings. The molecule has 0 amide bonds. The summed E-state index contributed by atoms with van der Waals surface area (Å²) in [6, 6.07) is 5.06. The molecule has 0 saturated carbocycles. The molecule has 94 valence electrons. The van der Waals surface area contributed by atoms with Crippen molar-refractivity contribution in [1.29, 1.82) is 0 Å². The quantitative estimate of drug-likeness (QED) is 0.822. The molecule has 1 unspecified atom stereocenters. The number of aliphatic carboxylic acids is 1. The summed E-state index contributed by atoms with van der Waals surface area (Å²) in [4.78, 5) is 10.7. The van der Waals surface area contributed by atoms with E-state index in [1.807, 2.05) is 13.0 Å². The summed E-state index contributed by atoms with van der Waals surface area (Å²) >= 11 is 6.05. The van der Waals surface area contributed by atoms with Crippen LogP contribution in [-0.4, -0.2) is 24.7 Å².